The van der Waals surface area contributed by atoms with Crippen LogP contribution in [0.2, 0.25) is 0 Å². The summed E-state index contributed by atoms with van der Waals surface area (Å²) >= 11 is 3.30. The van der Waals surface area contributed by atoms with Crippen molar-refractivity contribution in [2.24, 2.45) is 0 Å². The largest absolute Gasteiger partial charge is 0.494 e. The molecule has 6 heteroatoms. The van der Waals surface area contributed by atoms with E-state index in [1.807, 2.05) is 0 Å². The molecule has 28 heavy (non-hydrogen) atoms. The molecule has 5 nitrogen and oxygen atoms in total. The predicted molar refractivity (Wildman–Crippen MR) is 111 cm³/mol. The summed E-state index contributed by atoms with van der Waals surface area (Å²) in [4.78, 5) is 23.9. The maximum Gasteiger partial charge on any atom is 0.343 e. The molecule has 0 N–H and O–H groups in total. The van der Waals surface area contributed by atoms with E-state index in [0.717, 1.165) is 12.2 Å². The number of carbonyl (C=O) groups is 2. The highest BCUT2D eigenvalue weighted by Crippen LogP contribution is 2.27. The van der Waals surface area contributed by atoms with E-state index in [1.54, 1.807) is 36.4 Å². The van der Waals surface area contributed by atoms with Gasteiger partial charge >= 0.3 is 11.9 Å². The third-order valence-electron chi connectivity index (χ3n) is 4.16. The Bertz CT molecular complexity index is 786. The molecule has 0 aliphatic carbocycles. The minimum atomic E-state index is -0.488. The number of carbonyl (C=O) groups excluding carboxylic acids is 2. The Morgan fingerprint density at radius 1 is 0.893 bits per heavy atom. The topological polar surface area (TPSA) is 61.8 Å². The van der Waals surface area contributed by atoms with Crippen molar-refractivity contribution in [2.75, 3.05) is 13.7 Å². The van der Waals surface area contributed by atoms with Gasteiger partial charge in [-0.25, -0.2) is 9.59 Å². The van der Waals surface area contributed by atoms with Gasteiger partial charge in [0.25, 0.3) is 0 Å². The number of esters is 2. The first kappa shape index (κ1) is 22.0. The summed E-state index contributed by atoms with van der Waals surface area (Å²) < 4.78 is 16.3. The normalized spacial score (nSPS) is 10.4. The Labute approximate surface area is 174 Å². The summed E-state index contributed by atoms with van der Waals surface area (Å²) in [6, 6.07) is 11.5. The van der Waals surface area contributed by atoms with Gasteiger partial charge < -0.3 is 14.2 Å². The van der Waals surface area contributed by atoms with E-state index in [2.05, 4.69) is 27.6 Å². The van der Waals surface area contributed by atoms with Crippen molar-refractivity contribution in [1.82, 2.24) is 0 Å². The summed E-state index contributed by atoms with van der Waals surface area (Å²) in [6.07, 6.45) is 5.92. The average Bonchev–Trinajstić information content (AvgIpc) is 2.71. The first-order valence-corrected chi connectivity index (χ1v) is 10.2. The quantitative estimate of drug-likeness (QED) is 0.261. The lowest BCUT2D eigenvalue weighted by Crippen LogP contribution is -2.09. The molecule has 0 spiro atoms. The van der Waals surface area contributed by atoms with E-state index in [0.29, 0.717) is 28.0 Å². The molecule has 150 valence electrons. The van der Waals surface area contributed by atoms with Crippen molar-refractivity contribution in [3.05, 3.63) is 58.1 Å². The molecule has 0 amide bonds. The molecule has 2 aromatic rings. The van der Waals surface area contributed by atoms with Crippen molar-refractivity contribution < 1.29 is 23.8 Å². The van der Waals surface area contributed by atoms with Crippen LogP contribution in [0.5, 0.6) is 11.5 Å². The lowest BCUT2D eigenvalue weighted by Gasteiger charge is -2.09. The van der Waals surface area contributed by atoms with E-state index in [1.165, 1.54) is 38.9 Å². The Morgan fingerprint density at radius 2 is 1.57 bits per heavy atom. The smallest absolute Gasteiger partial charge is 0.343 e. The number of halogens is 1. The van der Waals surface area contributed by atoms with Crippen LogP contribution < -0.4 is 9.47 Å². The second kappa shape index (κ2) is 11.5. The fraction of sp³-hybridized carbons (Fsp3) is 0.364. The molecule has 0 radical (unpaired) electrons. The third-order valence-corrected chi connectivity index (χ3v) is 4.78. The molecule has 0 aliphatic heterocycles. The molecule has 0 atom stereocenters. The number of hydrogen-bond acceptors (Lipinski definition) is 5. The van der Waals surface area contributed by atoms with Gasteiger partial charge in [0.1, 0.15) is 11.5 Å². The van der Waals surface area contributed by atoms with Crippen molar-refractivity contribution in [2.45, 2.75) is 39.0 Å². The van der Waals surface area contributed by atoms with E-state index in [9.17, 15) is 9.59 Å². The highest BCUT2D eigenvalue weighted by Gasteiger charge is 2.14. The van der Waals surface area contributed by atoms with Crippen molar-refractivity contribution in [1.29, 1.82) is 0 Å². The molecule has 0 bridgehead atoms. The molecule has 0 aliphatic rings. The maximum atomic E-state index is 12.3. The summed E-state index contributed by atoms with van der Waals surface area (Å²) in [5.41, 5.74) is 0.782. The third kappa shape index (κ3) is 6.68. The molecule has 2 rings (SSSR count). The highest BCUT2D eigenvalue weighted by molar-refractivity contribution is 9.10. The molecule has 0 fully saturated rings. The second-order valence-corrected chi connectivity index (χ2v) is 7.17. The van der Waals surface area contributed by atoms with Gasteiger partial charge in [-0.15, -0.1) is 0 Å². The molecule has 0 heterocycles. The Kier molecular flexibility index (Phi) is 9.01. The van der Waals surface area contributed by atoms with Gasteiger partial charge in [0.15, 0.2) is 0 Å². The summed E-state index contributed by atoms with van der Waals surface area (Å²) in [7, 11) is 1.31. The Balaban J connectivity index is 1.88. The number of ether oxygens (including phenoxy) is 3. The van der Waals surface area contributed by atoms with Crippen molar-refractivity contribution in [3.63, 3.8) is 0 Å². The van der Waals surface area contributed by atoms with E-state index >= 15 is 0 Å². The number of unbranched alkanes of at least 4 members (excludes halogenated alkanes) is 4. The van der Waals surface area contributed by atoms with Crippen LogP contribution in [0.15, 0.2) is 46.9 Å². The molecule has 2 aromatic carbocycles. The zero-order valence-corrected chi connectivity index (χ0v) is 17.8. The first-order chi connectivity index (χ1) is 13.5. The fourth-order valence-electron chi connectivity index (χ4n) is 2.57. The SMILES string of the molecule is CCCCCCCOc1ccc(C(=O)Oc2ccc(C(=O)OC)cc2Br)cc1. The Hall–Kier alpha value is -2.34. The fourth-order valence-corrected chi connectivity index (χ4v) is 3.03. The summed E-state index contributed by atoms with van der Waals surface area (Å²) in [5, 5.41) is 0. The van der Waals surface area contributed by atoms with Gasteiger partial charge in [-0.2, -0.15) is 0 Å². The molecule has 0 unspecified atom stereocenters. The molecular formula is C22H25BrO5. The van der Waals surface area contributed by atoms with Crippen LogP contribution in [0.1, 0.15) is 59.7 Å². The maximum absolute atomic E-state index is 12.3. The zero-order chi connectivity index (χ0) is 20.4. The average molecular weight is 449 g/mol. The number of rotatable bonds is 10. The second-order valence-electron chi connectivity index (χ2n) is 6.31. The van der Waals surface area contributed by atoms with Gasteiger partial charge in [0, 0.05) is 0 Å². The summed E-state index contributed by atoms with van der Waals surface area (Å²) in [5.74, 6) is 0.109. The minimum Gasteiger partial charge on any atom is -0.494 e. The number of hydrogen-bond donors (Lipinski definition) is 0. The van der Waals surface area contributed by atoms with Gasteiger partial charge in [-0.1, -0.05) is 32.6 Å². The van der Waals surface area contributed by atoms with E-state index in [4.69, 9.17) is 9.47 Å². The van der Waals surface area contributed by atoms with Gasteiger partial charge in [0.05, 0.1) is 29.3 Å². The van der Waals surface area contributed by atoms with Crippen LogP contribution in [0.4, 0.5) is 0 Å². The number of methoxy groups -OCH3 is 1. The van der Waals surface area contributed by atoms with Crippen LogP contribution in [0.25, 0.3) is 0 Å². The van der Waals surface area contributed by atoms with Crippen molar-refractivity contribution >= 4 is 27.9 Å². The van der Waals surface area contributed by atoms with Crippen LogP contribution in [-0.2, 0) is 4.74 Å². The van der Waals surface area contributed by atoms with Gasteiger partial charge in [-0.3, -0.25) is 0 Å². The summed E-state index contributed by atoms with van der Waals surface area (Å²) in [6.45, 7) is 2.87. The van der Waals surface area contributed by atoms with Crippen molar-refractivity contribution in [3.8, 4) is 11.5 Å². The monoisotopic (exact) mass is 448 g/mol. The van der Waals surface area contributed by atoms with Crippen LogP contribution in [0.3, 0.4) is 0 Å². The van der Waals surface area contributed by atoms with Crippen LogP contribution in [-0.4, -0.2) is 25.7 Å². The van der Waals surface area contributed by atoms with Gasteiger partial charge in [-0.05, 0) is 64.8 Å². The molecular weight excluding hydrogens is 424 g/mol. The van der Waals surface area contributed by atoms with Gasteiger partial charge in [0.2, 0.25) is 0 Å². The highest BCUT2D eigenvalue weighted by atomic mass is 79.9. The van der Waals surface area contributed by atoms with Crippen LogP contribution in [0, 0.1) is 0 Å². The van der Waals surface area contributed by atoms with E-state index in [-0.39, 0.29) is 0 Å². The predicted octanol–water partition coefficient (Wildman–Crippen LogP) is 5.80. The van der Waals surface area contributed by atoms with Crippen LogP contribution >= 0.6 is 15.9 Å². The molecule has 0 saturated heterocycles. The molecule has 0 aromatic heterocycles. The number of benzene rings is 2. The first-order valence-electron chi connectivity index (χ1n) is 9.38. The zero-order valence-electron chi connectivity index (χ0n) is 16.2. The standard InChI is InChI=1S/C22H25BrO5/c1-3-4-5-6-7-14-27-18-11-8-16(9-12-18)22(25)28-20-13-10-17(15-19(20)23)21(24)26-2/h8-13,15H,3-7,14H2,1-2H3. The minimum absolute atomic E-state index is 0.324. The lowest BCUT2D eigenvalue weighted by molar-refractivity contribution is 0.0600. The Morgan fingerprint density at radius 3 is 2.21 bits per heavy atom. The lowest BCUT2D eigenvalue weighted by atomic mass is 10.2. The van der Waals surface area contributed by atoms with E-state index < -0.39 is 11.9 Å². The molecule has 0 saturated carbocycles.